The molecule has 0 aliphatic heterocycles. The van der Waals surface area contributed by atoms with Crippen LogP contribution in [0.2, 0.25) is 0 Å². The molecular formula is C21H28N2O5S. The molecule has 158 valence electrons. The van der Waals surface area contributed by atoms with E-state index in [0.717, 1.165) is 5.56 Å². The maximum Gasteiger partial charge on any atom is 0.251 e. The molecule has 7 nitrogen and oxygen atoms in total. The topological polar surface area (TPSA) is 93.7 Å². The predicted octanol–water partition coefficient (Wildman–Crippen LogP) is 2.71. The van der Waals surface area contributed by atoms with Gasteiger partial charge in [0.1, 0.15) is 0 Å². The summed E-state index contributed by atoms with van der Waals surface area (Å²) in [5.41, 5.74) is 1.39. The second kappa shape index (κ2) is 9.28. The van der Waals surface area contributed by atoms with Gasteiger partial charge in [-0.3, -0.25) is 4.79 Å². The summed E-state index contributed by atoms with van der Waals surface area (Å²) in [6, 6.07) is 11.6. The third-order valence-electron chi connectivity index (χ3n) is 4.38. The quantitative estimate of drug-likeness (QED) is 0.641. The monoisotopic (exact) mass is 420 g/mol. The van der Waals surface area contributed by atoms with E-state index in [9.17, 15) is 13.2 Å². The van der Waals surface area contributed by atoms with Crippen molar-refractivity contribution in [3.05, 3.63) is 53.6 Å². The first-order chi connectivity index (χ1) is 13.6. The third kappa shape index (κ3) is 5.95. The van der Waals surface area contributed by atoms with E-state index in [1.807, 2.05) is 12.1 Å². The maximum atomic E-state index is 12.4. The van der Waals surface area contributed by atoms with E-state index in [1.54, 1.807) is 30.3 Å². The summed E-state index contributed by atoms with van der Waals surface area (Å²) in [7, 11) is -0.640. The fourth-order valence-corrected chi connectivity index (χ4v) is 3.69. The fourth-order valence-electron chi connectivity index (χ4n) is 2.66. The van der Waals surface area contributed by atoms with Gasteiger partial charge in [-0.2, -0.15) is 0 Å². The lowest BCUT2D eigenvalue weighted by atomic mass is 9.87. The Morgan fingerprint density at radius 1 is 0.931 bits per heavy atom. The summed E-state index contributed by atoms with van der Waals surface area (Å²) in [5, 5.41) is 2.68. The number of carbonyl (C=O) groups excluding carboxylic acids is 1. The molecule has 0 aliphatic carbocycles. The molecule has 0 saturated heterocycles. The Labute approximate surface area is 172 Å². The smallest absolute Gasteiger partial charge is 0.251 e. The minimum Gasteiger partial charge on any atom is -0.493 e. The molecule has 29 heavy (non-hydrogen) atoms. The predicted molar refractivity (Wildman–Crippen MR) is 112 cm³/mol. The van der Waals surface area contributed by atoms with Crippen LogP contribution in [0.5, 0.6) is 11.5 Å². The Balaban J connectivity index is 1.91. The van der Waals surface area contributed by atoms with E-state index >= 15 is 0 Å². The summed E-state index contributed by atoms with van der Waals surface area (Å²) >= 11 is 0. The van der Waals surface area contributed by atoms with Crippen molar-refractivity contribution in [3.63, 3.8) is 0 Å². The first-order valence-electron chi connectivity index (χ1n) is 9.19. The molecule has 0 atom stereocenters. The molecule has 0 heterocycles. The van der Waals surface area contributed by atoms with Gasteiger partial charge in [0.25, 0.3) is 5.91 Å². The zero-order chi connectivity index (χ0) is 21.7. The summed E-state index contributed by atoms with van der Waals surface area (Å²) in [5.74, 6) is 0.633. The largest absolute Gasteiger partial charge is 0.493 e. The van der Waals surface area contributed by atoms with Crippen LogP contribution in [-0.2, 0) is 15.4 Å². The minimum atomic E-state index is -3.64. The maximum absolute atomic E-state index is 12.4. The van der Waals surface area contributed by atoms with Gasteiger partial charge in [-0.1, -0.05) is 32.9 Å². The molecule has 1 amide bonds. The van der Waals surface area contributed by atoms with Gasteiger partial charge >= 0.3 is 0 Å². The van der Waals surface area contributed by atoms with Gasteiger partial charge in [-0.05, 0) is 41.3 Å². The zero-order valence-corrected chi connectivity index (χ0v) is 18.2. The first kappa shape index (κ1) is 22.7. The highest BCUT2D eigenvalue weighted by molar-refractivity contribution is 7.89. The van der Waals surface area contributed by atoms with Crippen LogP contribution in [0.25, 0.3) is 0 Å². The lowest BCUT2D eigenvalue weighted by molar-refractivity contribution is 0.0954. The molecule has 0 saturated carbocycles. The van der Waals surface area contributed by atoms with Crippen LogP contribution in [0, 0.1) is 0 Å². The second-order valence-electron chi connectivity index (χ2n) is 7.50. The molecule has 0 unspecified atom stereocenters. The number of sulfonamides is 1. The van der Waals surface area contributed by atoms with Gasteiger partial charge in [0, 0.05) is 18.7 Å². The van der Waals surface area contributed by atoms with Gasteiger partial charge in [-0.25, -0.2) is 13.1 Å². The highest BCUT2D eigenvalue weighted by Crippen LogP contribution is 2.27. The highest BCUT2D eigenvalue weighted by Gasteiger charge is 2.17. The SMILES string of the molecule is COc1ccc(C(=O)NCCNS(=O)(=O)c2ccc(C(C)(C)C)cc2)cc1OC. The molecular weight excluding hydrogens is 392 g/mol. The molecule has 0 spiro atoms. The molecule has 8 heteroatoms. The lowest BCUT2D eigenvalue weighted by Gasteiger charge is -2.19. The van der Waals surface area contributed by atoms with E-state index < -0.39 is 10.0 Å². The number of benzene rings is 2. The van der Waals surface area contributed by atoms with Gasteiger partial charge in [0.05, 0.1) is 19.1 Å². The van der Waals surface area contributed by atoms with Crippen LogP contribution in [0.3, 0.4) is 0 Å². The lowest BCUT2D eigenvalue weighted by Crippen LogP contribution is -2.34. The molecule has 2 aromatic rings. The molecule has 2 N–H and O–H groups in total. The molecule has 2 rings (SSSR count). The first-order valence-corrected chi connectivity index (χ1v) is 10.7. The number of methoxy groups -OCH3 is 2. The average Bonchev–Trinajstić information content (AvgIpc) is 2.70. The van der Waals surface area contributed by atoms with Crippen LogP contribution >= 0.6 is 0 Å². The van der Waals surface area contributed by atoms with Crippen LogP contribution in [-0.4, -0.2) is 41.6 Å². The molecule has 0 fully saturated rings. The summed E-state index contributed by atoms with van der Waals surface area (Å²) in [6.45, 7) is 6.41. The van der Waals surface area contributed by atoms with Gasteiger partial charge < -0.3 is 14.8 Å². The van der Waals surface area contributed by atoms with Crippen LogP contribution < -0.4 is 19.5 Å². The Hall–Kier alpha value is -2.58. The number of hydrogen-bond acceptors (Lipinski definition) is 5. The Morgan fingerprint density at radius 3 is 2.10 bits per heavy atom. The van der Waals surface area contributed by atoms with Gasteiger partial charge in [-0.15, -0.1) is 0 Å². The molecule has 0 aliphatic rings. The standard InChI is InChI=1S/C21H28N2O5S/c1-21(2,3)16-7-9-17(10-8-16)29(25,26)23-13-12-22-20(24)15-6-11-18(27-4)19(14-15)28-5/h6-11,14,23H,12-13H2,1-5H3,(H,22,24). The van der Waals surface area contributed by atoms with Crippen molar-refractivity contribution in [1.82, 2.24) is 10.0 Å². The molecule has 2 aromatic carbocycles. The molecule has 0 radical (unpaired) electrons. The number of rotatable bonds is 8. The Morgan fingerprint density at radius 2 is 1.55 bits per heavy atom. The van der Waals surface area contributed by atoms with Crippen molar-refractivity contribution in [3.8, 4) is 11.5 Å². The van der Waals surface area contributed by atoms with Crippen molar-refractivity contribution in [2.24, 2.45) is 0 Å². The molecule has 0 bridgehead atoms. The highest BCUT2D eigenvalue weighted by atomic mass is 32.2. The van der Waals surface area contributed by atoms with Crippen molar-refractivity contribution in [2.45, 2.75) is 31.1 Å². The Kier molecular flexibility index (Phi) is 7.26. The minimum absolute atomic E-state index is 0.0514. The normalized spacial score (nSPS) is 11.8. The van der Waals surface area contributed by atoms with Crippen LogP contribution in [0.4, 0.5) is 0 Å². The van der Waals surface area contributed by atoms with E-state index in [2.05, 4.69) is 30.8 Å². The van der Waals surface area contributed by atoms with Crippen molar-refractivity contribution in [2.75, 3.05) is 27.3 Å². The van der Waals surface area contributed by atoms with Gasteiger partial charge in [0.2, 0.25) is 10.0 Å². The number of carbonyl (C=O) groups is 1. The average molecular weight is 421 g/mol. The summed E-state index contributed by atoms with van der Waals surface area (Å²) < 4.78 is 37.6. The van der Waals surface area contributed by atoms with E-state index in [-0.39, 0.29) is 29.3 Å². The number of hydrogen-bond donors (Lipinski definition) is 2. The van der Waals surface area contributed by atoms with Crippen molar-refractivity contribution >= 4 is 15.9 Å². The fraction of sp³-hybridized carbons (Fsp3) is 0.381. The summed E-state index contributed by atoms with van der Waals surface area (Å²) in [6.07, 6.45) is 0. The van der Waals surface area contributed by atoms with Crippen molar-refractivity contribution in [1.29, 1.82) is 0 Å². The second-order valence-corrected chi connectivity index (χ2v) is 9.26. The molecule has 0 aromatic heterocycles. The van der Waals surface area contributed by atoms with Crippen LogP contribution in [0.15, 0.2) is 47.4 Å². The van der Waals surface area contributed by atoms with Crippen LogP contribution in [0.1, 0.15) is 36.7 Å². The number of ether oxygens (including phenoxy) is 2. The number of amides is 1. The number of nitrogens with one attached hydrogen (secondary N) is 2. The van der Waals surface area contributed by atoms with E-state index in [0.29, 0.717) is 17.1 Å². The Bertz CT molecular complexity index is 948. The zero-order valence-electron chi connectivity index (χ0n) is 17.4. The van der Waals surface area contributed by atoms with E-state index in [4.69, 9.17) is 9.47 Å². The van der Waals surface area contributed by atoms with E-state index in [1.165, 1.54) is 14.2 Å². The third-order valence-corrected chi connectivity index (χ3v) is 5.86. The van der Waals surface area contributed by atoms with Gasteiger partial charge in [0.15, 0.2) is 11.5 Å². The van der Waals surface area contributed by atoms with Crippen molar-refractivity contribution < 1.29 is 22.7 Å². The summed E-state index contributed by atoms with van der Waals surface area (Å²) in [4.78, 5) is 12.4.